The van der Waals surface area contributed by atoms with Crippen LogP contribution in [0.2, 0.25) is 0 Å². The number of fused-ring (bicyclic) bond motifs is 1. The van der Waals surface area contributed by atoms with Gasteiger partial charge in [-0.15, -0.1) is 11.3 Å². The van der Waals surface area contributed by atoms with Crippen molar-refractivity contribution in [2.45, 2.75) is 105 Å². The summed E-state index contributed by atoms with van der Waals surface area (Å²) in [6.45, 7) is 17.0. The number of aliphatic hydroxyl groups excluding tert-OH is 1. The quantitative estimate of drug-likeness (QED) is 0.232. The van der Waals surface area contributed by atoms with Crippen molar-refractivity contribution in [2.24, 2.45) is 11.3 Å². The topological polar surface area (TPSA) is 116 Å². The Morgan fingerprint density at radius 2 is 1.91 bits per heavy atom. The van der Waals surface area contributed by atoms with Crippen LogP contribution in [0.5, 0.6) is 0 Å². The number of thiazole rings is 1. The van der Waals surface area contributed by atoms with E-state index >= 15 is 0 Å². The second-order valence-electron chi connectivity index (χ2n) is 14.2. The fourth-order valence-corrected chi connectivity index (χ4v) is 6.95. The number of nitrogens with zero attached hydrogens (tertiary/aromatic N) is 5. The molecule has 3 aliphatic rings. The molecule has 1 aromatic rings. The predicted molar refractivity (Wildman–Crippen MR) is 177 cm³/mol. The Hall–Kier alpha value is -2.82. The van der Waals surface area contributed by atoms with E-state index in [1.165, 1.54) is 22.5 Å². The van der Waals surface area contributed by atoms with E-state index in [0.717, 1.165) is 25.9 Å². The average Bonchev–Trinajstić information content (AvgIpc) is 3.45. The van der Waals surface area contributed by atoms with E-state index < -0.39 is 24.2 Å². The molecular formula is C34H51N5O6S. The molecule has 3 fully saturated rings. The van der Waals surface area contributed by atoms with Crippen LogP contribution < -0.4 is 0 Å². The molecule has 12 heteroatoms. The van der Waals surface area contributed by atoms with Crippen LogP contribution in [-0.2, 0) is 24.0 Å². The molecule has 4 rings (SSSR count). The van der Waals surface area contributed by atoms with Gasteiger partial charge < -0.3 is 24.5 Å². The largest absolute Gasteiger partial charge is 0.394 e. The van der Waals surface area contributed by atoms with Gasteiger partial charge in [0.05, 0.1) is 19.8 Å². The second kappa shape index (κ2) is 15.8. The van der Waals surface area contributed by atoms with Gasteiger partial charge in [0.15, 0.2) is 12.3 Å². The Morgan fingerprint density at radius 3 is 2.54 bits per heavy atom. The zero-order valence-electron chi connectivity index (χ0n) is 28.4. The number of ether oxygens (including phenoxy) is 1. The highest BCUT2D eigenvalue weighted by atomic mass is 32.1. The minimum Gasteiger partial charge on any atom is -0.394 e. The van der Waals surface area contributed by atoms with Gasteiger partial charge in [-0.05, 0) is 62.9 Å². The molecule has 0 unspecified atom stereocenters. The van der Waals surface area contributed by atoms with Crippen LogP contribution in [0.4, 0.5) is 0 Å². The number of hydrogen-bond donors (Lipinski definition) is 1. The van der Waals surface area contributed by atoms with Gasteiger partial charge in [-0.25, -0.2) is 4.98 Å². The average molecular weight is 658 g/mol. The van der Waals surface area contributed by atoms with E-state index in [1.54, 1.807) is 16.4 Å². The van der Waals surface area contributed by atoms with Gasteiger partial charge >= 0.3 is 0 Å². The Labute approximate surface area is 277 Å². The summed E-state index contributed by atoms with van der Waals surface area (Å²) in [5.41, 5.74) is 0.328. The minimum atomic E-state index is -0.862. The molecule has 0 bridgehead atoms. The van der Waals surface area contributed by atoms with Gasteiger partial charge in [0.25, 0.3) is 11.8 Å². The molecule has 0 aromatic carbocycles. The molecule has 11 nitrogen and oxygen atoms in total. The first-order chi connectivity index (χ1) is 21.8. The van der Waals surface area contributed by atoms with Crippen LogP contribution in [0.1, 0.15) is 84.9 Å². The van der Waals surface area contributed by atoms with Crippen LogP contribution >= 0.6 is 11.3 Å². The number of piperidine rings is 1. The summed E-state index contributed by atoms with van der Waals surface area (Å²) < 4.78 is 5.16. The number of carbonyl (C=O) groups excluding carboxylic acids is 3. The summed E-state index contributed by atoms with van der Waals surface area (Å²) in [6, 6.07) is -0.211. The van der Waals surface area contributed by atoms with Gasteiger partial charge in [-0.1, -0.05) is 40.5 Å². The summed E-state index contributed by atoms with van der Waals surface area (Å²) in [5.74, 6) is 5.25. The van der Waals surface area contributed by atoms with E-state index in [0.29, 0.717) is 29.6 Å². The highest BCUT2D eigenvalue weighted by Gasteiger charge is 2.54. The molecule has 0 saturated carbocycles. The highest BCUT2D eigenvalue weighted by molar-refractivity contribution is 7.10. The number of piperazine rings is 1. The van der Waals surface area contributed by atoms with Crippen LogP contribution in [-0.4, -0.2) is 117 Å². The number of hydrogen-bond acceptors (Lipinski definition) is 9. The number of carbonyl (C=O) groups is 3. The standard InChI is InChI=1S/C34H51N5O6S/c1-23(2)19-28-33(43)38-27(20-34(5,6)7)32(42)37(26-12-14-36(15-13-26)24(3)4)21-30(38)39(45-28)31(41)11-10-29-35-25(22-46-29)9-8-17-44-18-16-40/h10-11,22-24,26-28,30,40H,12-21H2,1-7H3/b11-10+/t27-,28+,30-/m0/s1. The van der Waals surface area contributed by atoms with Crippen molar-refractivity contribution in [1.29, 1.82) is 0 Å². The minimum absolute atomic E-state index is 0.0335. The lowest BCUT2D eigenvalue weighted by Gasteiger charge is -2.55. The number of amides is 3. The van der Waals surface area contributed by atoms with E-state index in [1.807, 2.05) is 18.7 Å². The third kappa shape index (κ3) is 9.16. The van der Waals surface area contributed by atoms with Crippen molar-refractivity contribution >= 4 is 35.1 Å². The molecule has 4 heterocycles. The molecule has 0 radical (unpaired) electrons. The first-order valence-corrected chi connectivity index (χ1v) is 17.3. The summed E-state index contributed by atoms with van der Waals surface area (Å²) in [4.78, 5) is 59.0. The molecule has 254 valence electrons. The van der Waals surface area contributed by atoms with Crippen LogP contribution in [0.25, 0.3) is 6.08 Å². The lowest BCUT2D eigenvalue weighted by Crippen LogP contribution is -2.74. The van der Waals surface area contributed by atoms with E-state index in [4.69, 9.17) is 14.7 Å². The van der Waals surface area contributed by atoms with Crippen LogP contribution in [0, 0.1) is 23.2 Å². The maximum atomic E-state index is 14.3. The molecule has 0 spiro atoms. The molecule has 1 N–H and O–H groups in total. The fraction of sp³-hybridized carbons (Fsp3) is 0.706. The van der Waals surface area contributed by atoms with Gasteiger partial charge in [0, 0.05) is 36.6 Å². The van der Waals surface area contributed by atoms with Gasteiger partial charge in [0.1, 0.15) is 23.4 Å². The number of hydroxylamine groups is 2. The molecule has 3 amide bonds. The summed E-state index contributed by atoms with van der Waals surface area (Å²) in [7, 11) is 0. The molecule has 3 saturated heterocycles. The predicted octanol–water partition coefficient (Wildman–Crippen LogP) is 3.38. The van der Waals surface area contributed by atoms with Crippen molar-refractivity contribution in [3.8, 4) is 11.8 Å². The molecule has 1 aromatic heterocycles. The Bertz CT molecular complexity index is 1300. The van der Waals surface area contributed by atoms with Gasteiger partial charge in [0.2, 0.25) is 5.91 Å². The van der Waals surface area contributed by atoms with Crippen molar-refractivity contribution in [3.63, 3.8) is 0 Å². The maximum Gasteiger partial charge on any atom is 0.272 e. The monoisotopic (exact) mass is 657 g/mol. The number of aromatic nitrogens is 1. The highest BCUT2D eigenvalue weighted by Crippen LogP contribution is 2.36. The lowest BCUT2D eigenvalue weighted by molar-refractivity contribution is -0.276. The Kier molecular flexibility index (Phi) is 12.4. The summed E-state index contributed by atoms with van der Waals surface area (Å²) >= 11 is 1.35. The zero-order chi connectivity index (χ0) is 33.6. The maximum absolute atomic E-state index is 14.3. The first kappa shape index (κ1) is 36.0. The van der Waals surface area contributed by atoms with Crippen molar-refractivity contribution in [3.05, 3.63) is 22.2 Å². The van der Waals surface area contributed by atoms with Gasteiger partial charge in [-0.2, -0.15) is 5.06 Å². The van der Waals surface area contributed by atoms with Crippen LogP contribution in [0.15, 0.2) is 11.5 Å². The zero-order valence-corrected chi connectivity index (χ0v) is 29.2. The van der Waals surface area contributed by atoms with E-state index in [2.05, 4.69) is 56.3 Å². The molecule has 3 aliphatic heterocycles. The molecule has 3 atom stereocenters. The first-order valence-electron chi connectivity index (χ1n) is 16.5. The normalized spacial score (nSPS) is 23.4. The lowest BCUT2D eigenvalue weighted by atomic mass is 9.84. The Balaban J connectivity index is 1.61. The van der Waals surface area contributed by atoms with E-state index in [9.17, 15) is 14.4 Å². The van der Waals surface area contributed by atoms with Gasteiger partial charge in [-0.3, -0.25) is 19.2 Å². The SMILES string of the molecule is CC(C)C[C@H]1ON(C(=O)/C=C/c2nc(C#CCOCCO)cs2)[C@H]2CN(C3CCN(C(C)C)CC3)C(=O)[C@H](CC(C)(C)C)N2C1=O. The number of likely N-dealkylation sites (tertiary alicyclic amines) is 1. The summed E-state index contributed by atoms with van der Waals surface area (Å²) in [6.07, 6.45) is 4.05. The van der Waals surface area contributed by atoms with Crippen molar-refractivity contribution in [1.82, 2.24) is 24.7 Å². The Morgan fingerprint density at radius 1 is 1.20 bits per heavy atom. The van der Waals surface area contributed by atoms with Crippen LogP contribution in [0.3, 0.4) is 0 Å². The molecular weight excluding hydrogens is 606 g/mol. The second-order valence-corrected chi connectivity index (χ2v) is 15.1. The molecule has 0 aliphatic carbocycles. The third-order valence-electron chi connectivity index (χ3n) is 8.52. The number of aliphatic hydroxyl groups is 1. The number of rotatable bonds is 10. The smallest absolute Gasteiger partial charge is 0.272 e. The molecule has 46 heavy (non-hydrogen) atoms. The van der Waals surface area contributed by atoms with Crippen molar-refractivity contribution in [2.75, 3.05) is 39.5 Å². The fourth-order valence-electron chi connectivity index (χ4n) is 6.31. The third-order valence-corrected chi connectivity index (χ3v) is 9.33. The van der Waals surface area contributed by atoms with Crippen molar-refractivity contribution < 1.29 is 29.1 Å². The van der Waals surface area contributed by atoms with E-state index in [-0.39, 0.29) is 55.6 Å². The summed E-state index contributed by atoms with van der Waals surface area (Å²) in [5, 5.41) is 12.5.